The number of nitrogens with one attached hydrogen (secondary N) is 2. The number of aliphatic imine (C=N–C) groups is 1. The topological polar surface area (TPSA) is 190 Å². The summed E-state index contributed by atoms with van der Waals surface area (Å²) in [6.07, 6.45) is -0.635. The van der Waals surface area contributed by atoms with Gasteiger partial charge in [-0.1, -0.05) is 64.8 Å². The first-order valence-electron chi connectivity index (χ1n) is 15.6. The van der Waals surface area contributed by atoms with E-state index in [1.807, 2.05) is 0 Å². The highest BCUT2D eigenvalue weighted by atomic mass is 19.1. The number of hydrazine groups is 1. The number of benzene rings is 4. The molecule has 1 amide bonds. The Labute approximate surface area is 285 Å². The van der Waals surface area contributed by atoms with E-state index in [0.29, 0.717) is 46.6 Å². The molecular weight excluding hydrogens is 648 g/mol. The highest BCUT2D eigenvalue weighted by molar-refractivity contribution is 6.01. The average molecular weight is 682 g/mol. The highest BCUT2D eigenvalue weighted by Gasteiger charge is 2.54. The Hall–Kier alpha value is -5.98. The first-order valence-corrected chi connectivity index (χ1v) is 15.6. The van der Waals surface area contributed by atoms with Crippen LogP contribution < -0.4 is 15.6 Å². The highest BCUT2D eigenvalue weighted by Crippen LogP contribution is 2.44. The molecule has 15 heteroatoms. The van der Waals surface area contributed by atoms with Crippen LogP contribution in [0.4, 0.5) is 8.78 Å². The summed E-state index contributed by atoms with van der Waals surface area (Å²) < 4.78 is 40.2. The number of carbonyl (C=O) groups is 1. The van der Waals surface area contributed by atoms with Crippen LogP contribution in [0, 0.1) is 11.6 Å². The number of aliphatic hydroxyl groups is 1. The molecule has 0 bridgehead atoms. The van der Waals surface area contributed by atoms with E-state index < -0.39 is 29.2 Å². The number of hydrogen-bond donors (Lipinski definition) is 3. The van der Waals surface area contributed by atoms with E-state index >= 15 is 0 Å². The smallest absolute Gasteiger partial charge is 0.266 e. The molecule has 0 aliphatic carbocycles. The van der Waals surface area contributed by atoms with E-state index in [0.717, 1.165) is 12.1 Å². The summed E-state index contributed by atoms with van der Waals surface area (Å²) >= 11 is 0. The minimum atomic E-state index is -1.72. The van der Waals surface area contributed by atoms with E-state index in [2.05, 4.69) is 30.9 Å². The molecule has 50 heavy (non-hydrogen) atoms. The molecule has 2 atom stereocenters. The summed E-state index contributed by atoms with van der Waals surface area (Å²) in [5.41, 5.74) is 24.9. The van der Waals surface area contributed by atoms with Gasteiger partial charge in [-0.05, 0) is 63.6 Å². The molecule has 0 unspecified atom stereocenters. The fourth-order valence-electron chi connectivity index (χ4n) is 5.58. The van der Waals surface area contributed by atoms with Crippen molar-refractivity contribution in [3.05, 3.63) is 157 Å². The molecule has 0 saturated heterocycles. The Morgan fingerprint density at radius 3 is 2.30 bits per heavy atom. The van der Waals surface area contributed by atoms with Gasteiger partial charge in [0.05, 0.1) is 19.7 Å². The van der Waals surface area contributed by atoms with E-state index in [-0.39, 0.29) is 44.1 Å². The number of aliphatic hydroxyl groups excluding tert-OH is 1. The second-order valence-corrected chi connectivity index (χ2v) is 11.3. The number of amides is 1. The van der Waals surface area contributed by atoms with Crippen molar-refractivity contribution in [2.45, 2.75) is 44.1 Å². The minimum Gasteiger partial charge on any atom is -0.494 e. The lowest BCUT2D eigenvalue weighted by molar-refractivity contribution is -0.130. The summed E-state index contributed by atoms with van der Waals surface area (Å²) in [6.45, 7) is 0.128. The van der Waals surface area contributed by atoms with Gasteiger partial charge in [-0.25, -0.2) is 19.2 Å². The number of ether oxygens (including phenoxy) is 2. The molecule has 4 aromatic rings. The van der Waals surface area contributed by atoms with Gasteiger partial charge < -0.3 is 14.6 Å². The van der Waals surface area contributed by atoms with Gasteiger partial charge in [-0.15, -0.1) is 0 Å². The van der Waals surface area contributed by atoms with Gasteiger partial charge in [-0.2, -0.15) is 0 Å². The lowest BCUT2D eigenvalue weighted by Crippen LogP contribution is -2.54. The Bertz CT molecular complexity index is 1950. The van der Waals surface area contributed by atoms with E-state index in [4.69, 9.17) is 30.6 Å². The molecule has 0 spiro atoms. The first-order chi connectivity index (χ1) is 24.4. The minimum absolute atomic E-state index is 0.00486. The van der Waals surface area contributed by atoms with Crippen LogP contribution >= 0.6 is 0 Å². The van der Waals surface area contributed by atoms with Crippen LogP contribution in [0.15, 0.2) is 106 Å². The van der Waals surface area contributed by atoms with Gasteiger partial charge in [0.1, 0.15) is 17.4 Å². The van der Waals surface area contributed by atoms with E-state index in [1.165, 1.54) is 6.07 Å². The van der Waals surface area contributed by atoms with Gasteiger partial charge in [0, 0.05) is 53.0 Å². The maximum atomic E-state index is 14.6. The molecule has 0 fully saturated rings. The van der Waals surface area contributed by atoms with Gasteiger partial charge in [0.25, 0.3) is 5.91 Å². The monoisotopic (exact) mass is 681 g/mol. The first kappa shape index (κ1) is 35.3. The number of halogens is 2. The zero-order chi connectivity index (χ0) is 35.3. The van der Waals surface area contributed by atoms with Crippen LogP contribution in [-0.4, -0.2) is 35.7 Å². The zero-order valence-electron chi connectivity index (χ0n) is 26.7. The quantitative estimate of drug-likeness (QED) is 0.0391. The normalized spacial score (nSPS) is 16.4. The number of carbonyl (C=O) groups excluding carboxylic acids is 1. The van der Waals surface area contributed by atoms with Crippen LogP contribution in [-0.2, 0) is 35.6 Å². The Balaban J connectivity index is 1.61. The third kappa shape index (κ3) is 8.35. The fourth-order valence-corrected chi connectivity index (χ4v) is 5.58. The standard InChI is InChI=1S/C35H33F2N9O4/c36-28-13-10-27(31(37)18-28)22-40-44-34(48)35(19-24-6-1-2-7-25(24)20-41-45-38)32(30-9-4-3-8-26(30)21-42-46-39)50-33(43-35)23-11-14-29(15-12-23)49-17-5-16-47/h1-4,6-15,18,32,40,47H,5,16-17,19-22H2,(H,44,48)/t32-,35-/m0/s1. The van der Waals surface area contributed by atoms with Crippen molar-refractivity contribution in [3.8, 4) is 5.75 Å². The van der Waals surface area contributed by atoms with Gasteiger partial charge in [-0.3, -0.25) is 10.2 Å². The molecule has 1 aliphatic rings. The Morgan fingerprint density at radius 1 is 0.920 bits per heavy atom. The molecule has 1 aliphatic heterocycles. The maximum absolute atomic E-state index is 14.6. The third-order valence-electron chi connectivity index (χ3n) is 8.05. The van der Waals surface area contributed by atoms with Crippen LogP contribution in [0.5, 0.6) is 5.75 Å². The Morgan fingerprint density at radius 2 is 1.60 bits per heavy atom. The molecule has 5 rings (SSSR count). The van der Waals surface area contributed by atoms with Crippen LogP contribution in [0.3, 0.4) is 0 Å². The number of azide groups is 2. The zero-order valence-corrected chi connectivity index (χ0v) is 26.7. The predicted octanol–water partition coefficient (Wildman–Crippen LogP) is 6.67. The van der Waals surface area contributed by atoms with Crippen molar-refractivity contribution in [2.75, 3.05) is 13.2 Å². The molecule has 13 nitrogen and oxygen atoms in total. The Kier molecular flexibility index (Phi) is 11.9. The van der Waals surface area contributed by atoms with Crippen molar-refractivity contribution in [1.82, 2.24) is 10.9 Å². The third-order valence-corrected chi connectivity index (χ3v) is 8.05. The van der Waals surface area contributed by atoms with Gasteiger partial charge in [0.2, 0.25) is 5.90 Å². The maximum Gasteiger partial charge on any atom is 0.266 e. The van der Waals surface area contributed by atoms with Gasteiger partial charge >= 0.3 is 0 Å². The molecule has 3 N–H and O–H groups in total. The summed E-state index contributed by atoms with van der Waals surface area (Å²) in [5.74, 6) is -1.45. The largest absolute Gasteiger partial charge is 0.494 e. The number of rotatable bonds is 16. The van der Waals surface area contributed by atoms with Crippen LogP contribution in [0.25, 0.3) is 20.9 Å². The molecule has 1 heterocycles. The second kappa shape index (κ2) is 16.9. The summed E-state index contributed by atoms with van der Waals surface area (Å²) in [7, 11) is 0. The SMILES string of the molecule is [N-]=[N+]=NCc1ccccc1C[C@]1(C(=O)NNCc2ccc(F)cc2F)N=C(c2ccc(OCCCO)cc2)O[C@H]1c1ccccc1CN=[N+]=[N-]. The van der Waals surface area contributed by atoms with Crippen LogP contribution in [0.2, 0.25) is 0 Å². The summed E-state index contributed by atoms with van der Waals surface area (Å²) in [4.78, 5) is 25.4. The second-order valence-electron chi connectivity index (χ2n) is 11.3. The molecule has 0 saturated carbocycles. The number of hydrogen-bond acceptors (Lipinski definition) is 8. The van der Waals surface area contributed by atoms with Crippen molar-refractivity contribution < 1.29 is 28.2 Å². The lowest BCUT2D eigenvalue weighted by atomic mass is 9.80. The van der Waals surface area contributed by atoms with Crippen molar-refractivity contribution in [3.63, 3.8) is 0 Å². The summed E-state index contributed by atoms with van der Waals surface area (Å²) in [5, 5.41) is 16.6. The fraction of sp³-hybridized carbons (Fsp3) is 0.257. The molecule has 0 aromatic heterocycles. The average Bonchev–Trinajstić information content (AvgIpc) is 3.52. The van der Waals surface area contributed by atoms with Crippen molar-refractivity contribution >= 4 is 11.8 Å². The molecule has 256 valence electrons. The molecule has 4 aromatic carbocycles. The van der Waals surface area contributed by atoms with Gasteiger partial charge in [0.15, 0.2) is 11.6 Å². The predicted molar refractivity (Wildman–Crippen MR) is 180 cm³/mol. The molecular formula is C35H33F2N9O4. The number of nitrogens with zero attached hydrogens (tertiary/aromatic N) is 7. The van der Waals surface area contributed by atoms with Crippen LogP contribution in [0.1, 0.15) is 45.9 Å². The van der Waals surface area contributed by atoms with E-state index in [9.17, 15) is 13.6 Å². The summed E-state index contributed by atoms with van der Waals surface area (Å²) in [6, 6.07) is 24.3. The van der Waals surface area contributed by atoms with Crippen molar-refractivity contribution in [2.24, 2.45) is 15.2 Å². The van der Waals surface area contributed by atoms with Crippen molar-refractivity contribution in [1.29, 1.82) is 0 Å². The van der Waals surface area contributed by atoms with E-state index in [1.54, 1.807) is 72.8 Å². The molecule has 0 radical (unpaired) electrons. The lowest BCUT2D eigenvalue weighted by Gasteiger charge is -2.32.